The van der Waals surface area contributed by atoms with Crippen LogP contribution in [0.2, 0.25) is 0 Å². The molecular formula is C12H20N4. The Morgan fingerprint density at radius 3 is 3.12 bits per heavy atom. The quantitative estimate of drug-likeness (QED) is 0.601. The number of allylic oxidation sites excluding steroid dienone is 2. The lowest BCUT2D eigenvalue weighted by Gasteiger charge is -2.17. The molecule has 0 saturated carbocycles. The average molecular weight is 220 g/mol. The zero-order valence-electron chi connectivity index (χ0n) is 9.89. The van der Waals surface area contributed by atoms with E-state index >= 15 is 0 Å². The van der Waals surface area contributed by atoms with Gasteiger partial charge in [0.15, 0.2) is 5.82 Å². The van der Waals surface area contributed by atoms with E-state index in [-0.39, 0.29) is 0 Å². The fraction of sp³-hybridized carbons (Fsp3) is 0.667. The van der Waals surface area contributed by atoms with Crippen LogP contribution < -0.4 is 5.32 Å². The molecule has 0 fully saturated rings. The van der Waals surface area contributed by atoms with Crippen molar-refractivity contribution < 1.29 is 0 Å². The number of hydrogen-bond donors (Lipinski definition) is 1. The van der Waals surface area contributed by atoms with Gasteiger partial charge < -0.3 is 5.32 Å². The van der Waals surface area contributed by atoms with Crippen LogP contribution in [0.4, 0.5) is 0 Å². The van der Waals surface area contributed by atoms with Gasteiger partial charge in [0.1, 0.15) is 6.33 Å². The zero-order chi connectivity index (χ0) is 11.2. The normalized spacial score (nSPS) is 20.2. The average Bonchev–Trinajstić information content (AvgIpc) is 2.72. The van der Waals surface area contributed by atoms with Crippen molar-refractivity contribution in [1.29, 1.82) is 0 Å². The molecule has 0 spiro atoms. The van der Waals surface area contributed by atoms with Crippen LogP contribution in [-0.4, -0.2) is 27.9 Å². The van der Waals surface area contributed by atoms with Crippen molar-refractivity contribution in [3.8, 4) is 0 Å². The molecule has 0 aromatic carbocycles. The molecule has 1 unspecified atom stereocenters. The summed E-state index contributed by atoms with van der Waals surface area (Å²) < 4.78 is 1.75. The predicted molar refractivity (Wildman–Crippen MR) is 64.1 cm³/mol. The number of nitrogens with one attached hydrogen (secondary N) is 1. The summed E-state index contributed by atoms with van der Waals surface area (Å²) in [5.74, 6) is 1.75. The second kappa shape index (κ2) is 5.80. The summed E-state index contributed by atoms with van der Waals surface area (Å²) in [6.45, 7) is 2.10. The molecule has 1 N–H and O–H groups in total. The molecule has 88 valence electrons. The summed E-state index contributed by atoms with van der Waals surface area (Å²) in [7, 11) is 1.90. The van der Waals surface area contributed by atoms with Crippen molar-refractivity contribution in [2.45, 2.75) is 25.7 Å². The smallest absolute Gasteiger partial charge is 0.151 e. The first-order valence-corrected chi connectivity index (χ1v) is 6.05. The summed E-state index contributed by atoms with van der Waals surface area (Å²) in [5.41, 5.74) is 0. The Balaban J connectivity index is 1.59. The van der Waals surface area contributed by atoms with Crippen LogP contribution in [-0.2, 0) is 13.5 Å². The molecule has 1 aliphatic carbocycles. The number of aryl methyl sites for hydroxylation is 1. The van der Waals surface area contributed by atoms with Crippen molar-refractivity contribution in [2.24, 2.45) is 13.0 Å². The fourth-order valence-corrected chi connectivity index (χ4v) is 2.05. The molecule has 16 heavy (non-hydrogen) atoms. The molecule has 1 aromatic heterocycles. The first-order valence-electron chi connectivity index (χ1n) is 6.05. The molecule has 0 saturated heterocycles. The van der Waals surface area contributed by atoms with Crippen molar-refractivity contribution >= 4 is 0 Å². The molecular weight excluding hydrogens is 200 g/mol. The molecule has 0 aliphatic heterocycles. The van der Waals surface area contributed by atoms with Crippen LogP contribution in [0.3, 0.4) is 0 Å². The van der Waals surface area contributed by atoms with Crippen LogP contribution in [0.15, 0.2) is 18.5 Å². The highest BCUT2D eigenvalue weighted by molar-refractivity contribution is 4.90. The van der Waals surface area contributed by atoms with E-state index < -0.39 is 0 Å². The minimum absolute atomic E-state index is 0.821. The topological polar surface area (TPSA) is 42.7 Å². The minimum Gasteiger partial charge on any atom is -0.316 e. The molecule has 4 heteroatoms. The maximum Gasteiger partial charge on any atom is 0.151 e. The van der Waals surface area contributed by atoms with Gasteiger partial charge in [-0.2, -0.15) is 5.10 Å². The van der Waals surface area contributed by atoms with E-state index in [0.717, 1.165) is 31.3 Å². The predicted octanol–water partition coefficient (Wildman–Crippen LogP) is 1.30. The lowest BCUT2D eigenvalue weighted by atomic mass is 9.94. The zero-order valence-corrected chi connectivity index (χ0v) is 9.89. The van der Waals surface area contributed by atoms with Gasteiger partial charge in [-0.1, -0.05) is 12.2 Å². The van der Waals surface area contributed by atoms with Gasteiger partial charge in [0, 0.05) is 20.0 Å². The Labute approximate surface area is 96.8 Å². The molecule has 0 radical (unpaired) electrons. The largest absolute Gasteiger partial charge is 0.316 e. The van der Waals surface area contributed by atoms with E-state index in [2.05, 4.69) is 27.6 Å². The molecule has 0 bridgehead atoms. The lowest BCUT2D eigenvalue weighted by Crippen LogP contribution is -2.25. The Kier molecular flexibility index (Phi) is 4.10. The van der Waals surface area contributed by atoms with Crippen molar-refractivity contribution in [2.75, 3.05) is 13.1 Å². The second-order valence-corrected chi connectivity index (χ2v) is 4.44. The van der Waals surface area contributed by atoms with Gasteiger partial charge in [-0.3, -0.25) is 4.68 Å². The minimum atomic E-state index is 0.821. The Bertz CT molecular complexity index is 343. The standard InChI is InChI=1S/C12H20N4/c1-16-10-14-12(15-16)7-8-13-9-11-5-3-2-4-6-11/h2-3,10-11,13H,4-9H2,1H3. The first kappa shape index (κ1) is 11.3. The monoisotopic (exact) mass is 220 g/mol. The van der Waals surface area contributed by atoms with Crippen LogP contribution >= 0.6 is 0 Å². The Hall–Kier alpha value is -1.16. The maximum absolute atomic E-state index is 4.25. The number of hydrogen-bond acceptors (Lipinski definition) is 3. The SMILES string of the molecule is Cn1cnc(CCNCC2CC=CCC2)n1. The first-order chi connectivity index (χ1) is 7.84. The van der Waals surface area contributed by atoms with Crippen molar-refractivity contribution in [3.63, 3.8) is 0 Å². The van der Waals surface area contributed by atoms with Gasteiger partial charge in [-0.15, -0.1) is 0 Å². The molecule has 1 atom stereocenters. The summed E-state index contributed by atoms with van der Waals surface area (Å²) in [4.78, 5) is 4.20. The third kappa shape index (κ3) is 3.45. The summed E-state index contributed by atoms with van der Waals surface area (Å²) >= 11 is 0. The molecule has 1 heterocycles. The van der Waals surface area contributed by atoms with Crippen molar-refractivity contribution in [3.05, 3.63) is 24.3 Å². The van der Waals surface area contributed by atoms with E-state index in [4.69, 9.17) is 0 Å². The number of nitrogens with zero attached hydrogens (tertiary/aromatic N) is 3. The van der Waals surface area contributed by atoms with E-state index in [1.54, 1.807) is 11.0 Å². The van der Waals surface area contributed by atoms with Crippen molar-refractivity contribution in [1.82, 2.24) is 20.1 Å². The Morgan fingerprint density at radius 1 is 1.50 bits per heavy atom. The van der Waals surface area contributed by atoms with Gasteiger partial charge >= 0.3 is 0 Å². The van der Waals surface area contributed by atoms with E-state index in [1.807, 2.05) is 7.05 Å². The fourth-order valence-electron chi connectivity index (χ4n) is 2.05. The van der Waals surface area contributed by atoms with E-state index in [9.17, 15) is 0 Å². The molecule has 1 aliphatic rings. The Morgan fingerprint density at radius 2 is 2.44 bits per heavy atom. The lowest BCUT2D eigenvalue weighted by molar-refractivity contribution is 0.441. The summed E-state index contributed by atoms with van der Waals surface area (Å²) in [6.07, 6.45) is 11.1. The van der Waals surface area contributed by atoms with Gasteiger partial charge in [0.05, 0.1) is 0 Å². The van der Waals surface area contributed by atoms with Gasteiger partial charge in [0.2, 0.25) is 0 Å². The molecule has 1 aromatic rings. The van der Waals surface area contributed by atoms with Gasteiger partial charge in [-0.25, -0.2) is 4.98 Å². The van der Waals surface area contributed by atoms with Crippen LogP contribution in [0.25, 0.3) is 0 Å². The van der Waals surface area contributed by atoms with Gasteiger partial charge in [-0.05, 0) is 31.7 Å². The maximum atomic E-state index is 4.25. The summed E-state index contributed by atoms with van der Waals surface area (Å²) in [6, 6.07) is 0. The summed E-state index contributed by atoms with van der Waals surface area (Å²) in [5, 5.41) is 7.74. The van der Waals surface area contributed by atoms with Gasteiger partial charge in [0.25, 0.3) is 0 Å². The number of rotatable bonds is 5. The molecule has 2 rings (SSSR count). The number of aromatic nitrogens is 3. The third-order valence-corrected chi connectivity index (χ3v) is 2.98. The highest BCUT2D eigenvalue weighted by atomic mass is 15.3. The second-order valence-electron chi connectivity index (χ2n) is 4.44. The molecule has 4 nitrogen and oxygen atoms in total. The molecule has 0 amide bonds. The van der Waals surface area contributed by atoms with Crippen LogP contribution in [0.5, 0.6) is 0 Å². The van der Waals surface area contributed by atoms with Crippen LogP contribution in [0, 0.1) is 5.92 Å². The third-order valence-electron chi connectivity index (χ3n) is 2.98. The highest BCUT2D eigenvalue weighted by Crippen LogP contribution is 2.16. The highest BCUT2D eigenvalue weighted by Gasteiger charge is 2.08. The van der Waals surface area contributed by atoms with Crippen LogP contribution in [0.1, 0.15) is 25.1 Å². The van der Waals surface area contributed by atoms with E-state index in [1.165, 1.54) is 19.3 Å². The van der Waals surface area contributed by atoms with E-state index in [0.29, 0.717) is 0 Å².